The zero-order valence-corrected chi connectivity index (χ0v) is 12.1. The van der Waals surface area contributed by atoms with Gasteiger partial charge in [-0.25, -0.2) is 4.39 Å². The lowest BCUT2D eigenvalue weighted by Gasteiger charge is -2.17. The van der Waals surface area contributed by atoms with Crippen molar-refractivity contribution in [1.82, 2.24) is 15.1 Å². The van der Waals surface area contributed by atoms with E-state index in [1.54, 1.807) is 30.2 Å². The number of likely N-dealkylation sites (N-methyl/N-ethyl adjacent to an activating group) is 1. The first kappa shape index (κ1) is 15.0. The summed E-state index contributed by atoms with van der Waals surface area (Å²) in [5, 5.41) is 9.97. The van der Waals surface area contributed by atoms with Crippen LogP contribution in [0.4, 0.5) is 10.1 Å². The van der Waals surface area contributed by atoms with Gasteiger partial charge in [0.05, 0.1) is 17.9 Å². The predicted molar refractivity (Wildman–Crippen MR) is 79.3 cm³/mol. The summed E-state index contributed by atoms with van der Waals surface area (Å²) in [7, 11) is 1.59. The molecule has 5 nitrogen and oxygen atoms in total. The van der Waals surface area contributed by atoms with E-state index >= 15 is 0 Å². The van der Waals surface area contributed by atoms with Gasteiger partial charge in [0.25, 0.3) is 0 Å². The maximum Gasteiger partial charge on any atom is 0.241 e. The van der Waals surface area contributed by atoms with Gasteiger partial charge in [-0.2, -0.15) is 5.10 Å². The SMILES string of the molecule is CCC(Nc1cnn(CC(=O)NC)c1)c1cccc(F)c1. The van der Waals surface area contributed by atoms with Crippen molar-refractivity contribution in [3.05, 3.63) is 48.0 Å². The minimum absolute atomic E-state index is 0.00153. The number of carbonyl (C=O) groups excluding carboxylic acids is 1. The van der Waals surface area contributed by atoms with Gasteiger partial charge in [0, 0.05) is 13.2 Å². The first-order chi connectivity index (χ1) is 10.1. The van der Waals surface area contributed by atoms with Crippen molar-refractivity contribution >= 4 is 11.6 Å². The van der Waals surface area contributed by atoms with Crippen LogP contribution in [0.5, 0.6) is 0 Å². The maximum atomic E-state index is 13.3. The topological polar surface area (TPSA) is 59.0 Å². The Morgan fingerprint density at radius 3 is 2.95 bits per heavy atom. The van der Waals surface area contributed by atoms with E-state index in [0.717, 1.165) is 17.7 Å². The van der Waals surface area contributed by atoms with E-state index in [-0.39, 0.29) is 24.3 Å². The Balaban J connectivity index is 2.07. The van der Waals surface area contributed by atoms with Gasteiger partial charge in [-0.05, 0) is 24.1 Å². The number of nitrogens with one attached hydrogen (secondary N) is 2. The Morgan fingerprint density at radius 1 is 1.48 bits per heavy atom. The Hall–Kier alpha value is -2.37. The molecular weight excluding hydrogens is 271 g/mol. The van der Waals surface area contributed by atoms with Crippen molar-refractivity contribution < 1.29 is 9.18 Å². The molecule has 0 spiro atoms. The van der Waals surface area contributed by atoms with Gasteiger partial charge >= 0.3 is 0 Å². The Kier molecular flexibility index (Phi) is 4.92. The molecule has 1 heterocycles. The Bertz CT molecular complexity index is 611. The minimum Gasteiger partial charge on any atom is -0.376 e. The number of amides is 1. The van der Waals surface area contributed by atoms with Crippen LogP contribution in [-0.2, 0) is 11.3 Å². The zero-order valence-electron chi connectivity index (χ0n) is 12.1. The number of halogens is 1. The van der Waals surface area contributed by atoms with E-state index in [1.165, 1.54) is 12.1 Å². The van der Waals surface area contributed by atoms with Crippen molar-refractivity contribution in [3.8, 4) is 0 Å². The zero-order chi connectivity index (χ0) is 15.2. The molecule has 6 heteroatoms. The van der Waals surface area contributed by atoms with Crippen LogP contribution in [0.2, 0.25) is 0 Å². The molecular formula is C15H19FN4O. The summed E-state index contributed by atoms with van der Waals surface area (Å²) >= 11 is 0. The van der Waals surface area contributed by atoms with Gasteiger partial charge in [0.1, 0.15) is 12.4 Å². The number of benzene rings is 1. The number of rotatable bonds is 6. The molecule has 1 unspecified atom stereocenters. The Morgan fingerprint density at radius 2 is 2.29 bits per heavy atom. The van der Waals surface area contributed by atoms with Crippen molar-refractivity contribution in [2.75, 3.05) is 12.4 Å². The number of anilines is 1. The molecule has 0 saturated carbocycles. The van der Waals surface area contributed by atoms with Crippen molar-refractivity contribution in [2.24, 2.45) is 0 Å². The second kappa shape index (κ2) is 6.88. The van der Waals surface area contributed by atoms with Crippen molar-refractivity contribution in [1.29, 1.82) is 0 Å². The molecule has 0 aliphatic heterocycles. The molecule has 0 radical (unpaired) electrons. The lowest BCUT2D eigenvalue weighted by atomic mass is 10.0. The summed E-state index contributed by atoms with van der Waals surface area (Å²) < 4.78 is 14.9. The van der Waals surface area contributed by atoms with E-state index in [9.17, 15) is 9.18 Å². The number of nitrogens with zero attached hydrogens (tertiary/aromatic N) is 2. The van der Waals surface area contributed by atoms with Crippen LogP contribution >= 0.6 is 0 Å². The highest BCUT2D eigenvalue weighted by molar-refractivity contribution is 5.75. The normalized spacial score (nSPS) is 12.0. The predicted octanol–water partition coefficient (Wildman–Crippen LogP) is 2.33. The highest BCUT2D eigenvalue weighted by atomic mass is 19.1. The smallest absolute Gasteiger partial charge is 0.241 e. The van der Waals surface area contributed by atoms with Gasteiger partial charge in [-0.1, -0.05) is 19.1 Å². The second-order valence-electron chi connectivity index (χ2n) is 4.76. The second-order valence-corrected chi connectivity index (χ2v) is 4.76. The van der Waals surface area contributed by atoms with Crippen LogP contribution in [0.25, 0.3) is 0 Å². The van der Waals surface area contributed by atoms with Crippen LogP contribution in [0.3, 0.4) is 0 Å². The highest BCUT2D eigenvalue weighted by Crippen LogP contribution is 2.22. The average molecular weight is 290 g/mol. The monoisotopic (exact) mass is 290 g/mol. The number of aromatic nitrogens is 2. The van der Waals surface area contributed by atoms with Gasteiger partial charge in [-0.3, -0.25) is 9.48 Å². The van der Waals surface area contributed by atoms with Crippen LogP contribution in [0.15, 0.2) is 36.7 Å². The molecule has 1 aromatic heterocycles. The van der Waals surface area contributed by atoms with E-state index in [4.69, 9.17) is 0 Å². The number of hydrogen-bond donors (Lipinski definition) is 2. The molecule has 112 valence electrons. The molecule has 1 atom stereocenters. The molecule has 2 N–H and O–H groups in total. The van der Waals surface area contributed by atoms with E-state index in [1.807, 2.05) is 13.0 Å². The van der Waals surface area contributed by atoms with Crippen LogP contribution in [0, 0.1) is 5.82 Å². The average Bonchev–Trinajstić information content (AvgIpc) is 2.91. The Labute approximate surface area is 123 Å². The standard InChI is InChI=1S/C15H19FN4O/c1-3-14(11-5-4-6-12(16)7-11)19-13-8-18-20(9-13)10-15(21)17-2/h4-9,14,19H,3,10H2,1-2H3,(H,17,21). The number of hydrogen-bond acceptors (Lipinski definition) is 3. The summed E-state index contributed by atoms with van der Waals surface area (Å²) in [5.74, 6) is -0.357. The number of carbonyl (C=O) groups is 1. The molecule has 2 rings (SSSR count). The van der Waals surface area contributed by atoms with Crippen LogP contribution in [0.1, 0.15) is 24.9 Å². The fourth-order valence-electron chi connectivity index (χ4n) is 2.10. The first-order valence-corrected chi connectivity index (χ1v) is 6.87. The third-order valence-corrected chi connectivity index (χ3v) is 3.22. The molecule has 0 aliphatic rings. The lowest BCUT2D eigenvalue weighted by Crippen LogP contribution is -2.23. The third-order valence-electron chi connectivity index (χ3n) is 3.22. The van der Waals surface area contributed by atoms with Gasteiger partial charge in [-0.15, -0.1) is 0 Å². The van der Waals surface area contributed by atoms with Gasteiger partial charge in [0.15, 0.2) is 0 Å². The third kappa shape index (κ3) is 4.05. The quantitative estimate of drug-likeness (QED) is 0.858. The minimum atomic E-state index is -0.247. The fraction of sp³-hybridized carbons (Fsp3) is 0.333. The maximum absolute atomic E-state index is 13.3. The summed E-state index contributed by atoms with van der Waals surface area (Å²) in [6.45, 7) is 2.20. The molecule has 1 amide bonds. The molecule has 1 aromatic carbocycles. The molecule has 21 heavy (non-hydrogen) atoms. The van der Waals surface area contributed by atoms with Crippen LogP contribution in [-0.4, -0.2) is 22.7 Å². The molecule has 0 fully saturated rings. The lowest BCUT2D eigenvalue weighted by molar-refractivity contribution is -0.121. The highest BCUT2D eigenvalue weighted by Gasteiger charge is 2.11. The first-order valence-electron chi connectivity index (χ1n) is 6.87. The summed E-state index contributed by atoms with van der Waals surface area (Å²) in [6.07, 6.45) is 4.23. The summed E-state index contributed by atoms with van der Waals surface area (Å²) in [6, 6.07) is 6.54. The van der Waals surface area contributed by atoms with Crippen molar-refractivity contribution in [3.63, 3.8) is 0 Å². The molecule has 0 saturated heterocycles. The van der Waals surface area contributed by atoms with E-state index in [0.29, 0.717) is 0 Å². The molecule has 0 bridgehead atoms. The van der Waals surface area contributed by atoms with Gasteiger partial charge < -0.3 is 10.6 Å². The van der Waals surface area contributed by atoms with Crippen molar-refractivity contribution in [2.45, 2.75) is 25.9 Å². The fourth-order valence-corrected chi connectivity index (χ4v) is 2.10. The largest absolute Gasteiger partial charge is 0.376 e. The summed E-state index contributed by atoms with van der Waals surface area (Å²) in [4.78, 5) is 11.3. The van der Waals surface area contributed by atoms with Gasteiger partial charge in [0.2, 0.25) is 5.91 Å². The van der Waals surface area contributed by atoms with E-state index in [2.05, 4.69) is 15.7 Å². The molecule has 0 aliphatic carbocycles. The van der Waals surface area contributed by atoms with Crippen LogP contribution < -0.4 is 10.6 Å². The molecule has 2 aromatic rings. The van der Waals surface area contributed by atoms with E-state index < -0.39 is 0 Å². The summed E-state index contributed by atoms with van der Waals surface area (Å²) in [5.41, 5.74) is 1.69.